The fourth-order valence-electron chi connectivity index (χ4n) is 2.72. The summed E-state index contributed by atoms with van der Waals surface area (Å²) in [6, 6.07) is 13.1. The molecule has 0 fully saturated rings. The lowest BCUT2D eigenvalue weighted by atomic mass is 10.1. The van der Waals surface area contributed by atoms with Crippen LogP contribution in [-0.4, -0.2) is 24.5 Å². The molecule has 2 N–H and O–H groups in total. The number of hydrogen-bond acceptors (Lipinski definition) is 3. The van der Waals surface area contributed by atoms with Crippen LogP contribution in [0.3, 0.4) is 0 Å². The van der Waals surface area contributed by atoms with Gasteiger partial charge < -0.3 is 10.6 Å². The molecule has 0 spiro atoms. The lowest BCUT2D eigenvalue weighted by Gasteiger charge is -2.12. The van der Waals surface area contributed by atoms with E-state index >= 15 is 0 Å². The summed E-state index contributed by atoms with van der Waals surface area (Å²) in [5.41, 5.74) is 4.76. The smallest absolute Gasteiger partial charge is 0.269 e. The molecule has 0 amide bonds. The van der Waals surface area contributed by atoms with Crippen molar-refractivity contribution in [2.24, 2.45) is 4.99 Å². The van der Waals surface area contributed by atoms with Crippen molar-refractivity contribution in [3.05, 3.63) is 74.8 Å². The molecular weight excluding hydrogens is 443 g/mol. The van der Waals surface area contributed by atoms with E-state index in [1.165, 1.54) is 22.8 Å². The second-order valence-electron chi connectivity index (χ2n) is 6.03. The zero-order chi connectivity index (χ0) is 18.2. The standard InChI is InChI=1S/C19H24N4O2.HI/c1-14-9-15(2)11-16(10-14)7-8-21-19(20-3)22-13-17-5-4-6-18(12-17)23(24)25;/h4-6,9-12H,7-8,13H2,1-3H3,(H2,20,21,22);1H. The van der Waals surface area contributed by atoms with Gasteiger partial charge in [0.05, 0.1) is 4.92 Å². The lowest BCUT2D eigenvalue weighted by molar-refractivity contribution is -0.384. The van der Waals surface area contributed by atoms with Crippen molar-refractivity contribution < 1.29 is 4.92 Å². The Morgan fingerprint density at radius 2 is 1.77 bits per heavy atom. The van der Waals surface area contributed by atoms with Gasteiger partial charge in [-0.15, -0.1) is 24.0 Å². The molecule has 0 radical (unpaired) electrons. The Morgan fingerprint density at radius 3 is 2.38 bits per heavy atom. The highest BCUT2D eigenvalue weighted by Crippen LogP contribution is 2.12. The molecule has 0 saturated heterocycles. The fraction of sp³-hybridized carbons (Fsp3) is 0.316. The van der Waals surface area contributed by atoms with Crippen LogP contribution in [0.5, 0.6) is 0 Å². The van der Waals surface area contributed by atoms with E-state index in [1.54, 1.807) is 19.2 Å². The number of nitro groups is 1. The summed E-state index contributed by atoms with van der Waals surface area (Å²) in [5.74, 6) is 0.677. The first kappa shape index (κ1) is 21.9. The molecule has 26 heavy (non-hydrogen) atoms. The third-order valence-corrected chi connectivity index (χ3v) is 3.79. The first-order valence-electron chi connectivity index (χ1n) is 8.23. The summed E-state index contributed by atoms with van der Waals surface area (Å²) in [4.78, 5) is 14.6. The van der Waals surface area contributed by atoms with Crippen LogP contribution in [0.15, 0.2) is 47.5 Å². The molecule has 0 aromatic heterocycles. The van der Waals surface area contributed by atoms with Crippen LogP contribution in [0.4, 0.5) is 5.69 Å². The number of rotatable bonds is 6. The summed E-state index contributed by atoms with van der Waals surface area (Å²) >= 11 is 0. The summed E-state index contributed by atoms with van der Waals surface area (Å²) in [6.07, 6.45) is 0.903. The zero-order valence-electron chi connectivity index (χ0n) is 15.3. The van der Waals surface area contributed by atoms with Gasteiger partial charge in [-0.1, -0.05) is 41.5 Å². The Hall–Kier alpha value is -2.16. The van der Waals surface area contributed by atoms with E-state index in [4.69, 9.17) is 0 Å². The van der Waals surface area contributed by atoms with Gasteiger partial charge in [0.2, 0.25) is 0 Å². The largest absolute Gasteiger partial charge is 0.356 e. The van der Waals surface area contributed by atoms with Gasteiger partial charge in [-0.05, 0) is 31.4 Å². The minimum Gasteiger partial charge on any atom is -0.356 e. The minimum atomic E-state index is -0.388. The normalized spacial score (nSPS) is 10.8. The zero-order valence-corrected chi connectivity index (χ0v) is 17.6. The second kappa shape index (κ2) is 10.7. The molecule has 0 heterocycles. The number of benzene rings is 2. The molecule has 0 bridgehead atoms. The van der Waals surface area contributed by atoms with E-state index in [0.29, 0.717) is 12.5 Å². The number of aliphatic imine (C=N–C) groups is 1. The van der Waals surface area contributed by atoms with Crippen molar-refractivity contribution in [1.82, 2.24) is 10.6 Å². The molecule has 140 valence electrons. The number of non-ortho nitro benzene ring substituents is 1. The van der Waals surface area contributed by atoms with Crippen molar-refractivity contribution in [3.63, 3.8) is 0 Å². The van der Waals surface area contributed by atoms with Gasteiger partial charge in [-0.2, -0.15) is 0 Å². The maximum Gasteiger partial charge on any atom is 0.269 e. The molecule has 2 rings (SSSR count). The average Bonchev–Trinajstić information content (AvgIpc) is 2.57. The number of guanidine groups is 1. The van der Waals surface area contributed by atoms with E-state index in [0.717, 1.165) is 18.5 Å². The predicted octanol–water partition coefficient (Wildman–Crippen LogP) is 3.74. The van der Waals surface area contributed by atoms with Gasteiger partial charge in [0.15, 0.2) is 5.96 Å². The summed E-state index contributed by atoms with van der Waals surface area (Å²) < 4.78 is 0. The molecule has 2 aromatic carbocycles. The fourth-order valence-corrected chi connectivity index (χ4v) is 2.72. The van der Waals surface area contributed by atoms with Crippen molar-refractivity contribution in [3.8, 4) is 0 Å². The molecule has 7 heteroatoms. The van der Waals surface area contributed by atoms with Crippen LogP contribution in [0.25, 0.3) is 0 Å². The molecule has 0 aliphatic heterocycles. The van der Waals surface area contributed by atoms with Gasteiger partial charge in [0, 0.05) is 32.3 Å². The Kier molecular flexibility index (Phi) is 9.04. The van der Waals surface area contributed by atoms with Gasteiger partial charge in [-0.25, -0.2) is 0 Å². The van der Waals surface area contributed by atoms with Crippen molar-refractivity contribution in [2.75, 3.05) is 13.6 Å². The number of halogens is 1. The quantitative estimate of drug-likeness (QED) is 0.223. The van der Waals surface area contributed by atoms with Crippen molar-refractivity contribution >= 4 is 35.6 Å². The molecule has 6 nitrogen and oxygen atoms in total. The molecule has 0 aliphatic carbocycles. The first-order valence-corrected chi connectivity index (χ1v) is 8.23. The predicted molar refractivity (Wildman–Crippen MR) is 116 cm³/mol. The highest BCUT2D eigenvalue weighted by Gasteiger charge is 2.06. The van der Waals surface area contributed by atoms with Crippen molar-refractivity contribution in [1.29, 1.82) is 0 Å². The summed E-state index contributed by atoms with van der Waals surface area (Å²) in [5, 5.41) is 17.3. The van der Waals surface area contributed by atoms with Crippen LogP contribution in [0.1, 0.15) is 22.3 Å². The van der Waals surface area contributed by atoms with E-state index in [9.17, 15) is 10.1 Å². The third kappa shape index (κ3) is 6.99. The minimum absolute atomic E-state index is 0. The van der Waals surface area contributed by atoms with Gasteiger partial charge in [0.25, 0.3) is 5.69 Å². The molecule has 0 saturated carbocycles. The highest BCUT2D eigenvalue weighted by atomic mass is 127. The van der Waals surface area contributed by atoms with E-state index in [1.807, 2.05) is 6.07 Å². The van der Waals surface area contributed by atoms with Gasteiger partial charge in [-0.3, -0.25) is 15.1 Å². The number of hydrogen-bond donors (Lipinski definition) is 2. The highest BCUT2D eigenvalue weighted by molar-refractivity contribution is 14.0. The van der Waals surface area contributed by atoms with E-state index < -0.39 is 0 Å². The van der Waals surface area contributed by atoms with Crippen LogP contribution >= 0.6 is 24.0 Å². The van der Waals surface area contributed by atoms with Crippen LogP contribution in [0.2, 0.25) is 0 Å². The SMILES string of the molecule is CN=C(NCCc1cc(C)cc(C)c1)NCc1cccc([N+](=O)[O-])c1.I. The average molecular weight is 468 g/mol. The Labute approximate surface area is 171 Å². The van der Waals surface area contributed by atoms with E-state index in [-0.39, 0.29) is 34.6 Å². The van der Waals surface area contributed by atoms with Crippen LogP contribution in [-0.2, 0) is 13.0 Å². The maximum absolute atomic E-state index is 10.8. The molecule has 0 unspecified atom stereocenters. The van der Waals surface area contributed by atoms with Crippen LogP contribution in [0, 0.1) is 24.0 Å². The Bertz CT molecular complexity index is 758. The molecular formula is C19H25IN4O2. The topological polar surface area (TPSA) is 79.6 Å². The van der Waals surface area contributed by atoms with Gasteiger partial charge >= 0.3 is 0 Å². The van der Waals surface area contributed by atoms with Crippen LogP contribution < -0.4 is 10.6 Å². The summed E-state index contributed by atoms with van der Waals surface area (Å²) in [7, 11) is 1.71. The van der Waals surface area contributed by atoms with Gasteiger partial charge in [0.1, 0.15) is 0 Å². The molecule has 0 atom stereocenters. The lowest BCUT2D eigenvalue weighted by Crippen LogP contribution is -2.37. The number of nitrogens with one attached hydrogen (secondary N) is 2. The second-order valence-corrected chi connectivity index (χ2v) is 6.03. The monoisotopic (exact) mass is 468 g/mol. The van der Waals surface area contributed by atoms with Crippen molar-refractivity contribution in [2.45, 2.75) is 26.8 Å². The Balaban J connectivity index is 0.00000338. The maximum atomic E-state index is 10.8. The molecule has 2 aromatic rings. The third-order valence-electron chi connectivity index (χ3n) is 3.79. The van der Waals surface area contributed by atoms with E-state index in [2.05, 4.69) is 47.7 Å². The number of nitrogens with zero attached hydrogens (tertiary/aromatic N) is 2. The number of nitro benzene ring substituents is 1. The first-order chi connectivity index (χ1) is 12.0. The Morgan fingerprint density at radius 1 is 1.08 bits per heavy atom. The summed E-state index contributed by atoms with van der Waals surface area (Å²) in [6.45, 7) is 5.44. The number of aryl methyl sites for hydroxylation is 2. The molecule has 0 aliphatic rings.